The van der Waals surface area contributed by atoms with E-state index in [2.05, 4.69) is 36.0 Å². The molecule has 14 heavy (non-hydrogen) atoms. The molecule has 3 atom stereocenters. The van der Waals surface area contributed by atoms with Gasteiger partial charge in [-0.25, -0.2) is 0 Å². The molecule has 2 heterocycles. The molecule has 2 fully saturated rings. The van der Waals surface area contributed by atoms with Crippen molar-refractivity contribution in [2.45, 2.75) is 38.4 Å². The van der Waals surface area contributed by atoms with E-state index < -0.39 is 0 Å². The number of nitrogens with zero attached hydrogens (tertiary/aromatic N) is 2. The van der Waals surface area contributed by atoms with Crippen LogP contribution in [-0.2, 0) is 0 Å². The summed E-state index contributed by atoms with van der Waals surface area (Å²) >= 11 is 0. The van der Waals surface area contributed by atoms with Gasteiger partial charge in [-0.1, -0.05) is 0 Å². The van der Waals surface area contributed by atoms with Crippen LogP contribution >= 0.6 is 0 Å². The average molecular weight is 197 g/mol. The molecule has 0 aromatic rings. The maximum absolute atomic E-state index is 3.46. The Balaban J connectivity index is 1.94. The van der Waals surface area contributed by atoms with Crippen LogP contribution in [0.25, 0.3) is 0 Å². The molecular formula is C11H23N3. The summed E-state index contributed by atoms with van der Waals surface area (Å²) in [7, 11) is 2.25. The van der Waals surface area contributed by atoms with E-state index in [4.69, 9.17) is 0 Å². The fourth-order valence-corrected chi connectivity index (χ4v) is 2.69. The molecule has 0 unspecified atom stereocenters. The first-order valence-corrected chi connectivity index (χ1v) is 5.85. The van der Waals surface area contributed by atoms with E-state index in [1.807, 2.05) is 0 Å². The minimum Gasteiger partial charge on any atom is -0.315 e. The third-order valence-corrected chi connectivity index (χ3v) is 3.94. The molecule has 0 spiro atoms. The molecule has 0 radical (unpaired) electrons. The zero-order chi connectivity index (χ0) is 10.1. The van der Waals surface area contributed by atoms with Crippen LogP contribution in [-0.4, -0.2) is 61.2 Å². The Kier molecular flexibility index (Phi) is 3.10. The molecule has 2 saturated heterocycles. The highest BCUT2D eigenvalue weighted by atomic mass is 15.3. The van der Waals surface area contributed by atoms with E-state index in [0.29, 0.717) is 12.1 Å². The molecule has 2 rings (SSSR count). The van der Waals surface area contributed by atoms with Crippen LogP contribution in [0.15, 0.2) is 0 Å². The van der Waals surface area contributed by atoms with E-state index in [9.17, 15) is 0 Å². The van der Waals surface area contributed by atoms with Crippen LogP contribution in [0.5, 0.6) is 0 Å². The van der Waals surface area contributed by atoms with Gasteiger partial charge in [-0.05, 0) is 33.9 Å². The fourth-order valence-electron chi connectivity index (χ4n) is 2.69. The van der Waals surface area contributed by atoms with Crippen molar-refractivity contribution < 1.29 is 0 Å². The Labute approximate surface area is 87.4 Å². The zero-order valence-corrected chi connectivity index (χ0v) is 9.66. The summed E-state index contributed by atoms with van der Waals surface area (Å²) in [6.45, 7) is 9.57. The standard InChI is InChI=1S/C11H23N3/c1-9-7-14(8-10(2)13(9)3)11-4-5-12-6-11/h9-12H,4-8H2,1-3H3/t9-,10-,11-/m1/s1. The molecule has 0 amide bonds. The van der Waals surface area contributed by atoms with Crippen LogP contribution in [0, 0.1) is 0 Å². The number of nitrogens with one attached hydrogen (secondary N) is 1. The van der Waals surface area contributed by atoms with Gasteiger partial charge in [0.05, 0.1) is 0 Å². The fraction of sp³-hybridized carbons (Fsp3) is 1.00. The lowest BCUT2D eigenvalue weighted by atomic mass is 10.1. The smallest absolute Gasteiger partial charge is 0.0234 e. The van der Waals surface area contributed by atoms with E-state index in [0.717, 1.165) is 6.04 Å². The summed E-state index contributed by atoms with van der Waals surface area (Å²) in [4.78, 5) is 5.17. The minimum absolute atomic E-state index is 0.708. The van der Waals surface area contributed by atoms with Crippen LogP contribution < -0.4 is 5.32 Å². The van der Waals surface area contributed by atoms with Crippen molar-refractivity contribution in [1.82, 2.24) is 15.1 Å². The molecule has 2 aliphatic heterocycles. The summed E-state index contributed by atoms with van der Waals surface area (Å²) in [6, 6.07) is 2.22. The van der Waals surface area contributed by atoms with Gasteiger partial charge in [0.15, 0.2) is 0 Å². The number of likely N-dealkylation sites (N-methyl/N-ethyl adjacent to an activating group) is 1. The molecule has 0 aromatic carbocycles. The second-order valence-electron chi connectivity index (χ2n) is 4.96. The first-order valence-electron chi connectivity index (χ1n) is 5.85. The maximum Gasteiger partial charge on any atom is 0.0234 e. The van der Waals surface area contributed by atoms with Crippen LogP contribution in [0.1, 0.15) is 20.3 Å². The Morgan fingerprint density at radius 1 is 1.14 bits per heavy atom. The molecule has 3 heteroatoms. The predicted molar refractivity (Wildman–Crippen MR) is 59.5 cm³/mol. The van der Waals surface area contributed by atoms with Gasteiger partial charge in [0.25, 0.3) is 0 Å². The first kappa shape index (κ1) is 10.4. The molecule has 1 N–H and O–H groups in total. The summed E-state index contributed by atoms with van der Waals surface area (Å²) in [5, 5.41) is 3.46. The molecule has 3 nitrogen and oxygen atoms in total. The molecule has 0 aromatic heterocycles. The molecule has 0 bridgehead atoms. The summed E-state index contributed by atoms with van der Waals surface area (Å²) < 4.78 is 0. The zero-order valence-electron chi connectivity index (χ0n) is 9.66. The highest BCUT2D eigenvalue weighted by molar-refractivity contribution is 4.89. The van der Waals surface area contributed by atoms with Crippen LogP contribution in [0.2, 0.25) is 0 Å². The number of hydrogen-bond donors (Lipinski definition) is 1. The highest BCUT2D eigenvalue weighted by Crippen LogP contribution is 2.18. The third-order valence-electron chi connectivity index (χ3n) is 3.94. The van der Waals surface area contributed by atoms with Crippen molar-refractivity contribution in [3.8, 4) is 0 Å². The van der Waals surface area contributed by atoms with Gasteiger partial charge in [-0.3, -0.25) is 9.80 Å². The number of hydrogen-bond acceptors (Lipinski definition) is 3. The monoisotopic (exact) mass is 197 g/mol. The predicted octanol–water partition coefficient (Wildman–Crippen LogP) is 0.373. The van der Waals surface area contributed by atoms with E-state index in [1.165, 1.54) is 32.6 Å². The maximum atomic E-state index is 3.46. The lowest BCUT2D eigenvalue weighted by Crippen LogP contribution is -2.57. The SMILES string of the molecule is C[C@@H]1CN([C@@H]2CCNC2)C[C@@H](C)N1C. The van der Waals surface area contributed by atoms with Gasteiger partial charge in [0.1, 0.15) is 0 Å². The van der Waals surface area contributed by atoms with Gasteiger partial charge in [0, 0.05) is 37.8 Å². The van der Waals surface area contributed by atoms with Crippen molar-refractivity contribution in [2.24, 2.45) is 0 Å². The van der Waals surface area contributed by atoms with Crippen LogP contribution in [0.4, 0.5) is 0 Å². The quantitative estimate of drug-likeness (QED) is 0.655. The van der Waals surface area contributed by atoms with Crippen molar-refractivity contribution in [2.75, 3.05) is 33.2 Å². The van der Waals surface area contributed by atoms with E-state index in [-0.39, 0.29) is 0 Å². The lowest BCUT2D eigenvalue weighted by molar-refractivity contribution is 0.0384. The Hall–Kier alpha value is -0.120. The first-order chi connectivity index (χ1) is 6.68. The highest BCUT2D eigenvalue weighted by Gasteiger charge is 2.31. The van der Waals surface area contributed by atoms with Gasteiger partial charge >= 0.3 is 0 Å². The summed E-state index contributed by atoms with van der Waals surface area (Å²) in [5.74, 6) is 0. The Morgan fingerprint density at radius 2 is 1.79 bits per heavy atom. The number of rotatable bonds is 1. The third kappa shape index (κ3) is 1.95. The van der Waals surface area contributed by atoms with Crippen LogP contribution in [0.3, 0.4) is 0 Å². The van der Waals surface area contributed by atoms with Crippen molar-refractivity contribution in [3.63, 3.8) is 0 Å². The molecule has 0 aliphatic carbocycles. The van der Waals surface area contributed by atoms with Gasteiger partial charge in [-0.2, -0.15) is 0 Å². The molecular weight excluding hydrogens is 174 g/mol. The molecule has 2 aliphatic rings. The summed E-state index contributed by atoms with van der Waals surface area (Å²) in [6.07, 6.45) is 1.34. The summed E-state index contributed by atoms with van der Waals surface area (Å²) in [5.41, 5.74) is 0. The normalized spacial score (nSPS) is 41.8. The van der Waals surface area contributed by atoms with Gasteiger partial charge in [0.2, 0.25) is 0 Å². The second-order valence-corrected chi connectivity index (χ2v) is 4.96. The van der Waals surface area contributed by atoms with Gasteiger partial charge in [-0.15, -0.1) is 0 Å². The number of piperazine rings is 1. The van der Waals surface area contributed by atoms with E-state index >= 15 is 0 Å². The lowest BCUT2D eigenvalue weighted by Gasteiger charge is -2.44. The van der Waals surface area contributed by atoms with Crippen molar-refractivity contribution in [3.05, 3.63) is 0 Å². The molecule has 0 saturated carbocycles. The minimum atomic E-state index is 0.708. The average Bonchev–Trinajstić information content (AvgIpc) is 2.66. The Morgan fingerprint density at radius 3 is 2.29 bits per heavy atom. The van der Waals surface area contributed by atoms with Crippen molar-refractivity contribution >= 4 is 0 Å². The largest absolute Gasteiger partial charge is 0.315 e. The van der Waals surface area contributed by atoms with Gasteiger partial charge < -0.3 is 5.32 Å². The van der Waals surface area contributed by atoms with Crippen molar-refractivity contribution in [1.29, 1.82) is 0 Å². The van der Waals surface area contributed by atoms with E-state index in [1.54, 1.807) is 0 Å². The molecule has 82 valence electrons. The Bertz CT molecular complexity index is 177. The topological polar surface area (TPSA) is 18.5 Å². The second kappa shape index (κ2) is 4.17.